The van der Waals surface area contributed by atoms with Crippen molar-refractivity contribution in [2.24, 2.45) is 0 Å². The van der Waals surface area contributed by atoms with Gasteiger partial charge in [0.05, 0.1) is 19.8 Å². The molecule has 0 saturated carbocycles. The molecular formula is C43H79O10P. The normalized spacial score (nSPS) is 14.2. The van der Waals surface area contributed by atoms with E-state index in [2.05, 4.69) is 54.8 Å². The Bertz CT molecular complexity index is 999. The highest BCUT2D eigenvalue weighted by Crippen LogP contribution is 2.43. The van der Waals surface area contributed by atoms with Crippen molar-refractivity contribution in [2.75, 3.05) is 26.4 Å². The molecule has 54 heavy (non-hydrogen) atoms. The minimum atomic E-state index is -4.62. The number of carbonyl (C=O) groups is 2. The molecule has 0 aromatic carbocycles. The fourth-order valence-corrected chi connectivity index (χ4v) is 6.50. The van der Waals surface area contributed by atoms with Gasteiger partial charge in [0.1, 0.15) is 12.7 Å². The lowest BCUT2D eigenvalue weighted by atomic mass is 10.0. The highest BCUT2D eigenvalue weighted by atomic mass is 31.2. The SMILES string of the molecule is CCCCC/C=C/C/C=C/C/C=C/CCCCCCC(=O)O[C@H](COC(=O)CCCCCCCCCCCCCCCC)COP(=O)(O)OC[C@@H](O)CO. The molecule has 0 aromatic heterocycles. The molecule has 0 aromatic rings. The number of aliphatic hydroxyl groups excluding tert-OH is 2. The molecule has 0 heterocycles. The van der Waals surface area contributed by atoms with Crippen LogP contribution in [-0.4, -0.2) is 65.7 Å². The predicted octanol–water partition coefficient (Wildman–Crippen LogP) is 11.2. The largest absolute Gasteiger partial charge is 0.472 e. The van der Waals surface area contributed by atoms with Crippen LogP contribution >= 0.6 is 7.82 Å². The van der Waals surface area contributed by atoms with E-state index in [0.29, 0.717) is 12.8 Å². The molecule has 0 radical (unpaired) electrons. The van der Waals surface area contributed by atoms with Crippen LogP contribution in [0, 0.1) is 0 Å². The maximum absolute atomic E-state index is 12.6. The number of allylic oxidation sites excluding steroid dienone is 6. The van der Waals surface area contributed by atoms with Crippen LogP contribution in [0.2, 0.25) is 0 Å². The number of esters is 2. The fraction of sp³-hybridized carbons (Fsp3) is 0.814. The van der Waals surface area contributed by atoms with Crippen LogP contribution < -0.4 is 0 Å². The Morgan fingerprint density at radius 2 is 0.963 bits per heavy atom. The van der Waals surface area contributed by atoms with Crippen molar-refractivity contribution in [1.29, 1.82) is 0 Å². The third kappa shape index (κ3) is 38.5. The van der Waals surface area contributed by atoms with Gasteiger partial charge in [0.2, 0.25) is 0 Å². The van der Waals surface area contributed by atoms with Gasteiger partial charge < -0.3 is 24.6 Å². The molecule has 0 rings (SSSR count). The van der Waals surface area contributed by atoms with Crippen molar-refractivity contribution in [1.82, 2.24) is 0 Å². The molecular weight excluding hydrogens is 707 g/mol. The Balaban J connectivity index is 4.34. The second-order valence-electron chi connectivity index (χ2n) is 14.4. The van der Waals surface area contributed by atoms with Crippen molar-refractivity contribution >= 4 is 19.8 Å². The Morgan fingerprint density at radius 3 is 1.48 bits per heavy atom. The first-order chi connectivity index (χ1) is 26.2. The summed E-state index contributed by atoms with van der Waals surface area (Å²) in [4.78, 5) is 34.9. The lowest BCUT2D eigenvalue weighted by Crippen LogP contribution is -2.29. The zero-order valence-electron chi connectivity index (χ0n) is 34.2. The third-order valence-corrected chi connectivity index (χ3v) is 10.00. The van der Waals surface area contributed by atoms with Crippen molar-refractivity contribution in [3.8, 4) is 0 Å². The van der Waals surface area contributed by atoms with Crippen LogP contribution in [0.25, 0.3) is 0 Å². The first kappa shape index (κ1) is 52.2. The number of aliphatic hydroxyl groups is 2. The maximum Gasteiger partial charge on any atom is 0.472 e. The minimum Gasteiger partial charge on any atom is -0.462 e. The molecule has 0 aliphatic rings. The summed E-state index contributed by atoms with van der Waals surface area (Å²) >= 11 is 0. The molecule has 1 unspecified atom stereocenters. The number of phosphoric acid groups is 1. The Kier molecular flexibility index (Phi) is 38.1. The molecule has 0 bridgehead atoms. The summed E-state index contributed by atoms with van der Waals surface area (Å²) in [6.45, 7) is 2.33. The number of ether oxygens (including phenoxy) is 2. The highest BCUT2D eigenvalue weighted by Gasteiger charge is 2.27. The summed E-state index contributed by atoms with van der Waals surface area (Å²) < 4.78 is 32.7. The van der Waals surface area contributed by atoms with Gasteiger partial charge in [-0.2, -0.15) is 0 Å². The van der Waals surface area contributed by atoms with E-state index in [1.807, 2.05) is 0 Å². The van der Waals surface area contributed by atoms with Gasteiger partial charge in [0.25, 0.3) is 0 Å². The van der Waals surface area contributed by atoms with E-state index in [9.17, 15) is 24.2 Å². The van der Waals surface area contributed by atoms with E-state index >= 15 is 0 Å². The second-order valence-corrected chi connectivity index (χ2v) is 15.8. The van der Waals surface area contributed by atoms with Crippen LogP contribution in [0.1, 0.15) is 187 Å². The van der Waals surface area contributed by atoms with Crippen LogP contribution in [0.3, 0.4) is 0 Å². The highest BCUT2D eigenvalue weighted by molar-refractivity contribution is 7.47. The van der Waals surface area contributed by atoms with Gasteiger partial charge >= 0.3 is 19.8 Å². The van der Waals surface area contributed by atoms with Gasteiger partial charge in [0, 0.05) is 12.8 Å². The van der Waals surface area contributed by atoms with Crippen LogP contribution in [0.4, 0.5) is 0 Å². The minimum absolute atomic E-state index is 0.160. The smallest absolute Gasteiger partial charge is 0.462 e. The monoisotopic (exact) mass is 787 g/mol. The molecule has 3 N–H and O–H groups in total. The summed E-state index contributed by atoms with van der Waals surface area (Å²) in [5, 5.41) is 18.3. The van der Waals surface area contributed by atoms with E-state index in [1.165, 1.54) is 89.9 Å². The van der Waals surface area contributed by atoms with E-state index in [4.69, 9.17) is 19.1 Å². The molecule has 11 heteroatoms. The van der Waals surface area contributed by atoms with Gasteiger partial charge in [-0.25, -0.2) is 4.57 Å². The van der Waals surface area contributed by atoms with E-state index in [1.54, 1.807) is 0 Å². The lowest BCUT2D eigenvalue weighted by Gasteiger charge is -2.20. The zero-order chi connectivity index (χ0) is 39.8. The molecule has 0 aliphatic heterocycles. The van der Waals surface area contributed by atoms with Crippen molar-refractivity contribution in [3.63, 3.8) is 0 Å². The summed E-state index contributed by atoms with van der Waals surface area (Å²) in [5.74, 6) is -0.946. The predicted molar refractivity (Wildman–Crippen MR) is 219 cm³/mol. The van der Waals surface area contributed by atoms with Crippen LogP contribution in [-0.2, 0) is 32.7 Å². The van der Waals surface area contributed by atoms with Crippen LogP contribution in [0.15, 0.2) is 36.5 Å². The summed E-state index contributed by atoms with van der Waals surface area (Å²) in [6.07, 6.45) is 39.6. The molecule has 0 spiro atoms. The van der Waals surface area contributed by atoms with E-state index < -0.39 is 51.8 Å². The van der Waals surface area contributed by atoms with Crippen molar-refractivity contribution in [2.45, 2.75) is 199 Å². The Labute approximate surface area is 329 Å². The van der Waals surface area contributed by atoms with Crippen molar-refractivity contribution < 1.29 is 47.8 Å². The summed E-state index contributed by atoms with van der Waals surface area (Å²) in [6, 6.07) is 0. The topological polar surface area (TPSA) is 149 Å². The average molecular weight is 787 g/mol. The van der Waals surface area contributed by atoms with Gasteiger partial charge in [-0.3, -0.25) is 18.6 Å². The third-order valence-electron chi connectivity index (χ3n) is 9.05. The fourth-order valence-electron chi connectivity index (χ4n) is 5.71. The van der Waals surface area contributed by atoms with Gasteiger partial charge in [-0.15, -0.1) is 0 Å². The molecule has 316 valence electrons. The average Bonchev–Trinajstić information content (AvgIpc) is 3.16. The number of phosphoric ester groups is 1. The number of carbonyl (C=O) groups excluding carboxylic acids is 2. The molecule has 0 amide bonds. The number of hydrogen-bond donors (Lipinski definition) is 3. The number of hydrogen-bond acceptors (Lipinski definition) is 9. The summed E-state index contributed by atoms with van der Waals surface area (Å²) in [7, 11) is -4.62. The molecule has 10 nitrogen and oxygen atoms in total. The standard InChI is InChI=1S/C43H79O10P/c1-3-5-7-9-11-13-15-17-19-20-21-23-25-27-29-31-33-35-43(47)53-41(39-52-54(48,49)51-37-40(45)36-44)38-50-42(46)34-32-30-28-26-24-22-18-16-14-12-10-8-6-4-2/h11,13,17,19,21,23,40-41,44-45H,3-10,12,14-16,18,20,22,24-39H2,1-2H3,(H,48,49)/b13-11+,19-17+,23-21+/t40-,41+/m0/s1. The first-order valence-electron chi connectivity index (χ1n) is 21.4. The Morgan fingerprint density at radius 1 is 0.556 bits per heavy atom. The van der Waals surface area contributed by atoms with Gasteiger partial charge in [-0.05, 0) is 51.4 Å². The summed E-state index contributed by atoms with van der Waals surface area (Å²) in [5.41, 5.74) is 0. The van der Waals surface area contributed by atoms with E-state index in [-0.39, 0.29) is 19.4 Å². The zero-order valence-corrected chi connectivity index (χ0v) is 35.1. The van der Waals surface area contributed by atoms with E-state index in [0.717, 1.165) is 57.8 Å². The number of unbranched alkanes of at least 4 members (excludes halogenated alkanes) is 20. The quantitative estimate of drug-likeness (QED) is 0.0237. The van der Waals surface area contributed by atoms with Gasteiger partial charge in [0.15, 0.2) is 6.10 Å². The molecule has 0 saturated heterocycles. The second kappa shape index (κ2) is 39.4. The lowest BCUT2D eigenvalue weighted by molar-refractivity contribution is -0.161. The molecule has 3 atom stereocenters. The molecule has 0 fully saturated rings. The maximum atomic E-state index is 12.6. The Hall–Kier alpha value is -1.81. The number of rotatable bonds is 40. The van der Waals surface area contributed by atoms with Crippen LogP contribution in [0.5, 0.6) is 0 Å². The van der Waals surface area contributed by atoms with Gasteiger partial charge in [-0.1, -0.05) is 159 Å². The molecule has 0 aliphatic carbocycles. The van der Waals surface area contributed by atoms with Crippen molar-refractivity contribution in [3.05, 3.63) is 36.5 Å². The first-order valence-corrected chi connectivity index (χ1v) is 22.9.